The molecule has 0 saturated heterocycles. The molecular weight excluding hydrogens is 162 g/mol. The average Bonchev–Trinajstić information content (AvgIpc) is 2.64. The van der Waals surface area contributed by atoms with Crippen LogP contribution in [0.4, 0.5) is 0 Å². The molecule has 3 N–H and O–H groups in total. The molecule has 0 aromatic carbocycles. The van der Waals surface area contributed by atoms with Crippen LogP contribution in [0.3, 0.4) is 0 Å². The third-order valence-corrected chi connectivity index (χ3v) is 4.64. The summed E-state index contributed by atoms with van der Waals surface area (Å²) in [6.07, 6.45) is 6.96. The number of hydrogen-bond acceptors (Lipinski definition) is 2. The highest BCUT2D eigenvalue weighted by molar-refractivity contribution is 5.09. The Morgan fingerprint density at radius 1 is 1.31 bits per heavy atom. The Morgan fingerprint density at radius 3 is 2.23 bits per heavy atom. The fraction of sp³-hybridized carbons (Fsp3) is 1.00. The largest absolute Gasteiger partial charge is 0.389 e. The van der Waals surface area contributed by atoms with Crippen molar-refractivity contribution in [1.82, 2.24) is 0 Å². The molecule has 0 aliphatic heterocycles. The van der Waals surface area contributed by atoms with Gasteiger partial charge >= 0.3 is 0 Å². The molecule has 2 unspecified atom stereocenters. The Hall–Kier alpha value is -0.0800. The van der Waals surface area contributed by atoms with E-state index in [2.05, 4.69) is 6.92 Å². The summed E-state index contributed by atoms with van der Waals surface area (Å²) in [6.45, 7) is 2.84. The van der Waals surface area contributed by atoms with Crippen molar-refractivity contribution in [3.8, 4) is 0 Å². The molecular formula is C11H21NO. The first kappa shape index (κ1) is 9.47. The molecule has 2 saturated carbocycles. The highest BCUT2D eigenvalue weighted by atomic mass is 16.3. The molecule has 2 heteroatoms. The van der Waals surface area contributed by atoms with Gasteiger partial charge in [-0.15, -0.1) is 0 Å². The summed E-state index contributed by atoms with van der Waals surface area (Å²) in [5.41, 5.74) is 5.52. The molecule has 0 aromatic heterocycles. The molecule has 0 spiro atoms. The van der Waals surface area contributed by atoms with Crippen molar-refractivity contribution in [3.63, 3.8) is 0 Å². The lowest BCUT2D eigenvalue weighted by Crippen LogP contribution is -2.60. The fourth-order valence-electron chi connectivity index (χ4n) is 3.36. The summed E-state index contributed by atoms with van der Waals surface area (Å²) >= 11 is 0. The van der Waals surface area contributed by atoms with Crippen LogP contribution in [-0.2, 0) is 0 Å². The van der Waals surface area contributed by atoms with Crippen molar-refractivity contribution in [3.05, 3.63) is 0 Å². The van der Waals surface area contributed by atoms with Gasteiger partial charge in [-0.2, -0.15) is 0 Å². The van der Waals surface area contributed by atoms with Crippen LogP contribution in [0.5, 0.6) is 0 Å². The molecule has 2 aliphatic rings. The summed E-state index contributed by atoms with van der Waals surface area (Å²) in [7, 11) is 0. The van der Waals surface area contributed by atoms with Crippen LogP contribution in [0.25, 0.3) is 0 Å². The maximum absolute atomic E-state index is 10.5. The maximum Gasteiger partial charge on any atom is 0.0741 e. The Labute approximate surface area is 80.5 Å². The van der Waals surface area contributed by atoms with Crippen LogP contribution in [0, 0.1) is 11.3 Å². The maximum atomic E-state index is 10.5. The Bertz CT molecular complexity index is 198. The molecule has 0 aromatic rings. The normalized spacial score (nSPS) is 43.2. The molecule has 2 atom stereocenters. The molecule has 2 fully saturated rings. The van der Waals surface area contributed by atoms with Gasteiger partial charge < -0.3 is 10.8 Å². The van der Waals surface area contributed by atoms with Gasteiger partial charge in [-0.3, -0.25) is 0 Å². The van der Waals surface area contributed by atoms with Crippen LogP contribution in [0.2, 0.25) is 0 Å². The predicted molar refractivity (Wildman–Crippen MR) is 53.3 cm³/mol. The molecule has 2 rings (SSSR count). The van der Waals surface area contributed by atoms with E-state index in [1.807, 2.05) is 0 Å². The molecule has 0 radical (unpaired) electrons. The lowest BCUT2D eigenvalue weighted by molar-refractivity contribution is -0.175. The van der Waals surface area contributed by atoms with Crippen molar-refractivity contribution in [2.45, 2.75) is 51.0 Å². The highest BCUT2D eigenvalue weighted by Crippen LogP contribution is 2.56. The van der Waals surface area contributed by atoms with Crippen LogP contribution in [0.15, 0.2) is 0 Å². The molecule has 0 amide bonds. The van der Waals surface area contributed by atoms with Crippen LogP contribution in [0.1, 0.15) is 45.4 Å². The topological polar surface area (TPSA) is 46.2 Å². The first-order chi connectivity index (χ1) is 6.15. The van der Waals surface area contributed by atoms with E-state index in [1.54, 1.807) is 0 Å². The van der Waals surface area contributed by atoms with E-state index in [1.165, 1.54) is 19.3 Å². The van der Waals surface area contributed by atoms with Gasteiger partial charge in [0, 0.05) is 12.0 Å². The van der Waals surface area contributed by atoms with E-state index in [0.717, 1.165) is 19.3 Å². The summed E-state index contributed by atoms with van der Waals surface area (Å²) in [5, 5.41) is 10.5. The van der Waals surface area contributed by atoms with E-state index < -0.39 is 5.60 Å². The minimum Gasteiger partial charge on any atom is -0.389 e. The third-order valence-electron chi connectivity index (χ3n) is 4.64. The molecule has 13 heavy (non-hydrogen) atoms. The summed E-state index contributed by atoms with van der Waals surface area (Å²) in [6, 6.07) is 0. The average molecular weight is 183 g/mol. The van der Waals surface area contributed by atoms with Crippen molar-refractivity contribution in [2.24, 2.45) is 17.1 Å². The van der Waals surface area contributed by atoms with Gasteiger partial charge in [-0.25, -0.2) is 0 Å². The van der Waals surface area contributed by atoms with E-state index >= 15 is 0 Å². The number of rotatable bonds is 2. The van der Waals surface area contributed by atoms with Gasteiger partial charge in [0.2, 0.25) is 0 Å². The smallest absolute Gasteiger partial charge is 0.0741 e. The van der Waals surface area contributed by atoms with E-state index in [0.29, 0.717) is 12.5 Å². The minimum atomic E-state index is -0.418. The van der Waals surface area contributed by atoms with E-state index in [-0.39, 0.29) is 5.41 Å². The zero-order valence-electron chi connectivity index (χ0n) is 8.55. The van der Waals surface area contributed by atoms with Gasteiger partial charge in [0.25, 0.3) is 0 Å². The summed E-state index contributed by atoms with van der Waals surface area (Å²) in [5.74, 6) is 0.467. The number of aliphatic hydroxyl groups is 1. The standard InChI is InChI=1S/C11H21NO/c1-9-4-7-11(9,13)10(8-12)5-2-3-6-10/h9,13H,2-8,12H2,1H3. The SMILES string of the molecule is CC1CCC1(O)C1(CN)CCCC1. The van der Waals surface area contributed by atoms with Crippen molar-refractivity contribution in [2.75, 3.05) is 6.54 Å². The minimum absolute atomic E-state index is 0.0741. The van der Waals surface area contributed by atoms with Gasteiger partial charge in [0.05, 0.1) is 5.60 Å². The van der Waals surface area contributed by atoms with Crippen molar-refractivity contribution in [1.29, 1.82) is 0 Å². The molecule has 2 nitrogen and oxygen atoms in total. The lowest BCUT2D eigenvalue weighted by Gasteiger charge is -2.55. The zero-order chi connectivity index (χ0) is 9.53. The number of hydrogen-bond donors (Lipinski definition) is 2. The Balaban J connectivity index is 2.20. The molecule has 76 valence electrons. The predicted octanol–water partition coefficient (Wildman–Crippen LogP) is 1.67. The Morgan fingerprint density at radius 2 is 1.92 bits per heavy atom. The van der Waals surface area contributed by atoms with E-state index in [9.17, 15) is 5.11 Å². The van der Waals surface area contributed by atoms with Crippen LogP contribution < -0.4 is 5.73 Å². The van der Waals surface area contributed by atoms with Gasteiger partial charge in [-0.1, -0.05) is 19.8 Å². The zero-order valence-corrected chi connectivity index (χ0v) is 8.55. The van der Waals surface area contributed by atoms with Crippen LogP contribution in [-0.4, -0.2) is 17.3 Å². The van der Waals surface area contributed by atoms with Crippen molar-refractivity contribution >= 4 is 0 Å². The second kappa shape index (κ2) is 2.96. The highest BCUT2D eigenvalue weighted by Gasteiger charge is 2.57. The number of nitrogens with two attached hydrogens (primary N) is 1. The van der Waals surface area contributed by atoms with Crippen molar-refractivity contribution < 1.29 is 5.11 Å². The first-order valence-electron chi connectivity index (χ1n) is 5.57. The van der Waals surface area contributed by atoms with Gasteiger partial charge in [-0.05, 0) is 31.6 Å². The van der Waals surface area contributed by atoms with Gasteiger partial charge in [0.1, 0.15) is 0 Å². The van der Waals surface area contributed by atoms with Gasteiger partial charge in [0.15, 0.2) is 0 Å². The molecule has 2 aliphatic carbocycles. The quantitative estimate of drug-likeness (QED) is 0.684. The fourth-order valence-corrected chi connectivity index (χ4v) is 3.36. The third kappa shape index (κ3) is 1.08. The van der Waals surface area contributed by atoms with Crippen LogP contribution >= 0.6 is 0 Å². The summed E-state index contributed by atoms with van der Waals surface area (Å²) in [4.78, 5) is 0. The molecule has 0 bridgehead atoms. The second-order valence-corrected chi connectivity index (χ2v) is 5.06. The molecule has 0 heterocycles. The Kier molecular flexibility index (Phi) is 2.16. The monoisotopic (exact) mass is 183 g/mol. The summed E-state index contributed by atoms with van der Waals surface area (Å²) < 4.78 is 0. The lowest BCUT2D eigenvalue weighted by atomic mass is 9.55. The second-order valence-electron chi connectivity index (χ2n) is 5.06. The first-order valence-corrected chi connectivity index (χ1v) is 5.57. The van der Waals surface area contributed by atoms with E-state index in [4.69, 9.17) is 5.73 Å².